The van der Waals surface area contributed by atoms with Crippen molar-refractivity contribution in [3.05, 3.63) is 34.4 Å². The average molecular weight is 299 g/mol. The maximum absolute atomic E-state index is 12.8. The van der Waals surface area contributed by atoms with Crippen LogP contribution in [0.5, 0.6) is 0 Å². The van der Waals surface area contributed by atoms with Gasteiger partial charge in [0.25, 0.3) is 0 Å². The van der Waals surface area contributed by atoms with Crippen LogP contribution >= 0.6 is 0 Å². The lowest BCUT2D eigenvalue weighted by atomic mass is 9.73. The number of halogens is 3. The van der Waals surface area contributed by atoms with Gasteiger partial charge in [0.15, 0.2) is 0 Å². The maximum atomic E-state index is 12.8. The Labute approximate surface area is 124 Å². The maximum Gasteiger partial charge on any atom is 0.391 e. The molecule has 0 spiro atoms. The normalized spacial score (nSPS) is 26.9. The van der Waals surface area contributed by atoms with E-state index in [2.05, 4.69) is 32.9 Å². The van der Waals surface area contributed by atoms with E-state index >= 15 is 0 Å². The molecule has 0 aromatic heterocycles. The van der Waals surface area contributed by atoms with Crippen LogP contribution in [0.4, 0.5) is 13.2 Å². The minimum atomic E-state index is -4.07. The molecule has 21 heavy (non-hydrogen) atoms. The first kappa shape index (κ1) is 16.3. The van der Waals surface area contributed by atoms with Gasteiger partial charge in [0.1, 0.15) is 0 Å². The molecule has 1 aromatic rings. The van der Waals surface area contributed by atoms with Gasteiger partial charge in [-0.25, -0.2) is 0 Å². The first-order valence-electron chi connectivity index (χ1n) is 7.53. The van der Waals surface area contributed by atoms with E-state index in [1.54, 1.807) is 0 Å². The molecule has 2 rings (SSSR count). The highest BCUT2D eigenvalue weighted by atomic mass is 19.4. The molecule has 1 aromatic carbocycles. The first-order valence-corrected chi connectivity index (χ1v) is 7.53. The van der Waals surface area contributed by atoms with Crippen LogP contribution in [-0.2, 0) is 6.42 Å². The van der Waals surface area contributed by atoms with Gasteiger partial charge in [-0.2, -0.15) is 13.2 Å². The Hall–Kier alpha value is -1.03. The molecule has 1 nitrogen and oxygen atoms in total. The van der Waals surface area contributed by atoms with E-state index in [1.807, 2.05) is 0 Å². The van der Waals surface area contributed by atoms with Crippen LogP contribution in [0.15, 0.2) is 12.1 Å². The van der Waals surface area contributed by atoms with Crippen molar-refractivity contribution in [3.63, 3.8) is 0 Å². The third-order valence-corrected chi connectivity index (χ3v) is 4.81. The van der Waals surface area contributed by atoms with Crippen LogP contribution in [0.2, 0.25) is 0 Å². The minimum Gasteiger partial charge on any atom is -0.325 e. The van der Waals surface area contributed by atoms with Gasteiger partial charge in [-0.15, -0.1) is 0 Å². The SMILES string of the molecule is Cc1cc(C)c(CC2(N)CCC(C(F)(F)F)CC2)c(C)c1. The van der Waals surface area contributed by atoms with Gasteiger partial charge < -0.3 is 5.73 Å². The van der Waals surface area contributed by atoms with Crippen molar-refractivity contribution in [2.45, 2.75) is 64.6 Å². The number of benzene rings is 1. The number of nitrogens with two attached hydrogens (primary N) is 1. The summed E-state index contributed by atoms with van der Waals surface area (Å²) in [7, 11) is 0. The lowest BCUT2D eigenvalue weighted by Crippen LogP contribution is -2.47. The van der Waals surface area contributed by atoms with Crippen molar-refractivity contribution < 1.29 is 13.2 Å². The standard InChI is InChI=1S/C17H24F3N/c1-11-8-12(2)15(13(3)9-11)10-16(21)6-4-14(5-7-16)17(18,19)20/h8-9,14H,4-7,10,21H2,1-3H3. The molecule has 1 fully saturated rings. The molecule has 1 aliphatic rings. The van der Waals surface area contributed by atoms with Crippen molar-refractivity contribution in [1.29, 1.82) is 0 Å². The van der Waals surface area contributed by atoms with Crippen LogP contribution < -0.4 is 5.73 Å². The molecule has 1 aliphatic carbocycles. The van der Waals surface area contributed by atoms with Crippen molar-refractivity contribution in [1.82, 2.24) is 0 Å². The predicted molar refractivity (Wildman–Crippen MR) is 79.3 cm³/mol. The van der Waals surface area contributed by atoms with E-state index in [0.29, 0.717) is 19.3 Å². The third kappa shape index (κ3) is 3.79. The second-order valence-corrected chi connectivity index (χ2v) is 6.73. The van der Waals surface area contributed by atoms with Crippen molar-refractivity contribution in [2.75, 3.05) is 0 Å². The lowest BCUT2D eigenvalue weighted by molar-refractivity contribution is -0.184. The molecule has 0 heterocycles. The molecule has 0 bridgehead atoms. The van der Waals surface area contributed by atoms with Gasteiger partial charge in [0.05, 0.1) is 5.92 Å². The van der Waals surface area contributed by atoms with Crippen LogP contribution in [0.3, 0.4) is 0 Å². The summed E-state index contributed by atoms with van der Waals surface area (Å²) in [6.45, 7) is 6.16. The predicted octanol–water partition coefficient (Wildman–Crippen LogP) is 4.60. The summed E-state index contributed by atoms with van der Waals surface area (Å²) in [5.41, 5.74) is 10.7. The molecule has 118 valence electrons. The molecular formula is C17H24F3N. The second-order valence-electron chi connectivity index (χ2n) is 6.73. The second kappa shape index (κ2) is 5.64. The molecule has 1 saturated carbocycles. The average Bonchev–Trinajstić information content (AvgIpc) is 2.33. The van der Waals surface area contributed by atoms with Crippen molar-refractivity contribution >= 4 is 0 Å². The monoisotopic (exact) mass is 299 g/mol. The molecule has 0 radical (unpaired) electrons. The molecule has 0 atom stereocenters. The summed E-state index contributed by atoms with van der Waals surface area (Å²) in [6, 6.07) is 4.24. The summed E-state index contributed by atoms with van der Waals surface area (Å²) >= 11 is 0. The summed E-state index contributed by atoms with van der Waals surface area (Å²) < 4.78 is 38.3. The molecule has 4 heteroatoms. The smallest absolute Gasteiger partial charge is 0.325 e. The topological polar surface area (TPSA) is 26.0 Å². The molecular weight excluding hydrogens is 275 g/mol. The lowest BCUT2D eigenvalue weighted by Gasteiger charge is -2.38. The summed E-state index contributed by atoms with van der Waals surface area (Å²) in [4.78, 5) is 0. The number of alkyl halides is 3. The van der Waals surface area contributed by atoms with E-state index in [9.17, 15) is 13.2 Å². The van der Waals surface area contributed by atoms with Gasteiger partial charge in [-0.05, 0) is 69.6 Å². The zero-order valence-electron chi connectivity index (χ0n) is 13.0. The molecule has 0 saturated heterocycles. The Kier molecular flexibility index (Phi) is 4.39. The summed E-state index contributed by atoms with van der Waals surface area (Å²) in [6.07, 6.45) is -2.19. The summed E-state index contributed by atoms with van der Waals surface area (Å²) in [5.74, 6) is -1.17. The highest BCUT2D eigenvalue weighted by molar-refractivity contribution is 5.38. The van der Waals surface area contributed by atoms with Gasteiger partial charge in [-0.1, -0.05) is 17.7 Å². The van der Waals surface area contributed by atoms with E-state index in [0.717, 1.165) is 0 Å². The summed E-state index contributed by atoms with van der Waals surface area (Å²) in [5, 5.41) is 0. The van der Waals surface area contributed by atoms with Gasteiger partial charge >= 0.3 is 6.18 Å². The van der Waals surface area contributed by atoms with Gasteiger partial charge in [0.2, 0.25) is 0 Å². The number of aryl methyl sites for hydroxylation is 3. The van der Waals surface area contributed by atoms with Crippen LogP contribution in [0.1, 0.15) is 47.9 Å². The first-order chi connectivity index (χ1) is 9.61. The van der Waals surface area contributed by atoms with E-state index < -0.39 is 17.6 Å². The Morgan fingerprint density at radius 3 is 2.00 bits per heavy atom. The largest absolute Gasteiger partial charge is 0.391 e. The van der Waals surface area contributed by atoms with Crippen molar-refractivity contribution in [3.8, 4) is 0 Å². The third-order valence-electron chi connectivity index (χ3n) is 4.81. The molecule has 0 aliphatic heterocycles. The number of rotatable bonds is 2. The van der Waals surface area contributed by atoms with Crippen LogP contribution in [0.25, 0.3) is 0 Å². The van der Waals surface area contributed by atoms with E-state index in [4.69, 9.17) is 5.73 Å². The zero-order chi connectivity index (χ0) is 15.8. The van der Waals surface area contributed by atoms with Gasteiger partial charge in [-0.3, -0.25) is 0 Å². The van der Waals surface area contributed by atoms with E-state index in [1.165, 1.54) is 22.3 Å². The fourth-order valence-corrected chi connectivity index (χ4v) is 3.54. The minimum absolute atomic E-state index is 0.157. The number of hydrogen-bond acceptors (Lipinski definition) is 1. The quantitative estimate of drug-likeness (QED) is 0.848. The highest BCUT2D eigenvalue weighted by Crippen LogP contribution is 2.41. The highest BCUT2D eigenvalue weighted by Gasteiger charge is 2.44. The molecule has 0 amide bonds. The van der Waals surface area contributed by atoms with Gasteiger partial charge in [0, 0.05) is 5.54 Å². The van der Waals surface area contributed by atoms with Crippen molar-refractivity contribution in [2.24, 2.45) is 11.7 Å². The van der Waals surface area contributed by atoms with Crippen LogP contribution in [0, 0.1) is 26.7 Å². The Balaban J connectivity index is 2.11. The fourth-order valence-electron chi connectivity index (χ4n) is 3.54. The molecule has 2 N–H and O–H groups in total. The zero-order valence-corrected chi connectivity index (χ0v) is 13.0. The Morgan fingerprint density at radius 2 is 1.57 bits per heavy atom. The van der Waals surface area contributed by atoms with Crippen LogP contribution in [-0.4, -0.2) is 11.7 Å². The Bertz CT molecular complexity index is 488. The molecule has 0 unspecified atom stereocenters. The fraction of sp³-hybridized carbons (Fsp3) is 0.647. The number of hydrogen-bond donors (Lipinski definition) is 1. The Morgan fingerprint density at radius 1 is 1.10 bits per heavy atom. The van der Waals surface area contributed by atoms with E-state index in [-0.39, 0.29) is 12.8 Å².